The van der Waals surface area contributed by atoms with Gasteiger partial charge in [0.25, 0.3) is 0 Å². The van der Waals surface area contributed by atoms with Crippen LogP contribution in [0.4, 0.5) is 0 Å². The molecule has 1 heterocycles. The Kier molecular flexibility index (Phi) is 9.29. The smallest absolute Gasteiger partial charge is 0.336 e. The molecule has 0 radical (unpaired) electrons. The average molecular weight is 411 g/mol. The largest absolute Gasteiger partial charge is 0.508 e. The molecule has 3 N–H and O–H groups in total. The third kappa shape index (κ3) is 7.44. The third-order valence-corrected chi connectivity index (χ3v) is 5.04. The summed E-state index contributed by atoms with van der Waals surface area (Å²) >= 11 is 0. The summed E-state index contributed by atoms with van der Waals surface area (Å²) in [6.07, 6.45) is 4.77. The highest BCUT2D eigenvalue weighted by Crippen LogP contribution is 2.27. The SMILES string of the molecule is C=CC(C)(O)CC/C=C(\CO)C(=O)OC1C(O)=CC(O[C@](C)(C=C)CC)OC1C. The molecule has 0 saturated carbocycles. The molecule has 29 heavy (non-hydrogen) atoms. The van der Waals surface area contributed by atoms with Crippen molar-refractivity contribution in [1.82, 2.24) is 0 Å². The summed E-state index contributed by atoms with van der Waals surface area (Å²) in [5.74, 6) is -0.952. The highest BCUT2D eigenvalue weighted by atomic mass is 16.7. The lowest BCUT2D eigenvalue weighted by Crippen LogP contribution is -2.43. The van der Waals surface area contributed by atoms with Gasteiger partial charge in [0.1, 0.15) is 11.9 Å². The second-order valence-electron chi connectivity index (χ2n) is 7.60. The summed E-state index contributed by atoms with van der Waals surface area (Å²) in [5, 5.41) is 29.7. The van der Waals surface area contributed by atoms with Crippen molar-refractivity contribution in [3.8, 4) is 0 Å². The first-order valence-corrected chi connectivity index (χ1v) is 9.75. The fraction of sp³-hybridized carbons (Fsp3) is 0.591. The average Bonchev–Trinajstić information content (AvgIpc) is 2.67. The Morgan fingerprint density at radius 3 is 2.48 bits per heavy atom. The van der Waals surface area contributed by atoms with Crippen molar-refractivity contribution in [2.45, 2.75) is 76.7 Å². The van der Waals surface area contributed by atoms with Crippen LogP contribution in [0.1, 0.15) is 47.0 Å². The number of hydrogen-bond donors (Lipinski definition) is 3. The molecular weight excluding hydrogens is 376 g/mol. The molecule has 0 saturated heterocycles. The van der Waals surface area contributed by atoms with Gasteiger partial charge in [-0.25, -0.2) is 4.79 Å². The molecule has 5 atom stereocenters. The van der Waals surface area contributed by atoms with Gasteiger partial charge in [-0.15, -0.1) is 13.2 Å². The molecule has 0 aliphatic carbocycles. The maximum atomic E-state index is 12.4. The second-order valence-corrected chi connectivity index (χ2v) is 7.60. The molecule has 0 aromatic heterocycles. The molecule has 1 aliphatic rings. The van der Waals surface area contributed by atoms with E-state index in [9.17, 15) is 20.1 Å². The van der Waals surface area contributed by atoms with Crippen molar-refractivity contribution < 1.29 is 34.3 Å². The van der Waals surface area contributed by atoms with Gasteiger partial charge in [-0.2, -0.15) is 0 Å². The van der Waals surface area contributed by atoms with E-state index >= 15 is 0 Å². The van der Waals surface area contributed by atoms with Crippen LogP contribution >= 0.6 is 0 Å². The summed E-state index contributed by atoms with van der Waals surface area (Å²) in [4.78, 5) is 12.4. The normalized spacial score (nSPS) is 26.6. The van der Waals surface area contributed by atoms with Crippen LogP contribution in [0.15, 0.2) is 48.8 Å². The summed E-state index contributed by atoms with van der Waals surface area (Å²) in [6, 6.07) is 0. The minimum absolute atomic E-state index is 0.0356. The Hall–Kier alpha value is -1.93. The molecule has 4 unspecified atom stereocenters. The van der Waals surface area contributed by atoms with Crippen LogP contribution in [0, 0.1) is 0 Å². The van der Waals surface area contributed by atoms with Crippen molar-refractivity contribution in [1.29, 1.82) is 0 Å². The summed E-state index contributed by atoms with van der Waals surface area (Å²) in [5.41, 5.74) is -1.65. The molecule has 0 amide bonds. The Bertz CT molecular complexity index is 650. The van der Waals surface area contributed by atoms with E-state index in [1.165, 1.54) is 18.2 Å². The Morgan fingerprint density at radius 2 is 2.00 bits per heavy atom. The van der Waals surface area contributed by atoms with E-state index in [0.29, 0.717) is 19.3 Å². The lowest BCUT2D eigenvalue weighted by Gasteiger charge is -2.35. The summed E-state index contributed by atoms with van der Waals surface area (Å²) in [7, 11) is 0. The van der Waals surface area contributed by atoms with Gasteiger partial charge in [0.15, 0.2) is 12.4 Å². The van der Waals surface area contributed by atoms with Gasteiger partial charge in [-0.05, 0) is 40.0 Å². The third-order valence-electron chi connectivity index (χ3n) is 5.04. The van der Waals surface area contributed by atoms with Crippen molar-refractivity contribution >= 4 is 5.97 Å². The molecule has 0 aromatic carbocycles. The Labute approximate surface area is 173 Å². The first-order valence-electron chi connectivity index (χ1n) is 9.75. The van der Waals surface area contributed by atoms with Crippen LogP contribution < -0.4 is 0 Å². The van der Waals surface area contributed by atoms with Gasteiger partial charge in [-0.3, -0.25) is 0 Å². The Balaban J connectivity index is 2.81. The van der Waals surface area contributed by atoms with E-state index in [0.717, 1.165) is 0 Å². The van der Waals surface area contributed by atoms with Gasteiger partial charge in [0.05, 0.1) is 23.4 Å². The van der Waals surface area contributed by atoms with Gasteiger partial charge in [-0.1, -0.05) is 25.2 Å². The second kappa shape index (κ2) is 10.7. The maximum Gasteiger partial charge on any atom is 0.336 e. The van der Waals surface area contributed by atoms with Crippen LogP contribution in [0.2, 0.25) is 0 Å². The first-order chi connectivity index (χ1) is 13.5. The number of hydrogen-bond acceptors (Lipinski definition) is 7. The summed E-state index contributed by atoms with van der Waals surface area (Å²) < 4.78 is 16.9. The molecule has 1 rings (SSSR count). The number of ether oxygens (including phenoxy) is 3. The number of carbonyl (C=O) groups excluding carboxylic acids is 1. The zero-order valence-electron chi connectivity index (χ0n) is 17.8. The van der Waals surface area contributed by atoms with Gasteiger partial charge < -0.3 is 29.5 Å². The van der Waals surface area contributed by atoms with Crippen LogP contribution in [0.5, 0.6) is 0 Å². The summed E-state index contributed by atoms with van der Waals surface area (Å²) in [6.45, 7) is 13.8. The standard InChI is InChI=1S/C22H34O7/c1-7-21(5,26)12-10-11-16(14-23)20(25)28-19-15(4)27-18(13-17(19)24)29-22(6,8-2)9-3/h7-8,11,13,15,18-19,23-24,26H,1-2,9-10,12,14H2,3-6H3/b16-11+/t15?,18?,19?,21?,22-/m1/s1. The molecule has 0 bridgehead atoms. The van der Waals surface area contributed by atoms with Gasteiger partial charge >= 0.3 is 5.97 Å². The molecule has 1 aliphatic heterocycles. The monoisotopic (exact) mass is 410 g/mol. The molecule has 0 spiro atoms. The van der Waals surface area contributed by atoms with Crippen molar-refractivity contribution in [3.05, 3.63) is 48.8 Å². The molecule has 164 valence electrons. The van der Waals surface area contributed by atoms with Crippen molar-refractivity contribution in [2.75, 3.05) is 6.61 Å². The zero-order chi connectivity index (χ0) is 22.2. The van der Waals surface area contributed by atoms with E-state index < -0.39 is 42.3 Å². The van der Waals surface area contributed by atoms with Gasteiger partial charge in [0.2, 0.25) is 0 Å². The van der Waals surface area contributed by atoms with E-state index in [1.54, 1.807) is 19.9 Å². The maximum absolute atomic E-state index is 12.4. The minimum atomic E-state index is -1.07. The van der Waals surface area contributed by atoms with Gasteiger partial charge in [0, 0.05) is 6.08 Å². The van der Waals surface area contributed by atoms with Crippen LogP contribution in [-0.4, -0.2) is 57.6 Å². The van der Waals surface area contributed by atoms with Crippen molar-refractivity contribution in [3.63, 3.8) is 0 Å². The van der Waals surface area contributed by atoms with E-state index in [2.05, 4.69) is 13.2 Å². The predicted molar refractivity (Wildman–Crippen MR) is 110 cm³/mol. The number of aliphatic hydroxyl groups excluding tert-OH is 2. The number of aliphatic hydroxyl groups is 3. The fourth-order valence-corrected chi connectivity index (χ4v) is 2.60. The minimum Gasteiger partial charge on any atom is -0.508 e. The number of rotatable bonds is 11. The van der Waals surface area contributed by atoms with E-state index in [4.69, 9.17) is 14.2 Å². The molecule has 0 aromatic rings. The molecule has 7 heteroatoms. The number of allylic oxidation sites excluding steroid dienone is 1. The molecule has 7 nitrogen and oxygen atoms in total. The number of esters is 1. The van der Waals surface area contributed by atoms with Crippen LogP contribution in [-0.2, 0) is 19.0 Å². The first kappa shape index (κ1) is 25.1. The Morgan fingerprint density at radius 1 is 1.34 bits per heavy atom. The predicted octanol–water partition coefficient (Wildman–Crippen LogP) is 3.09. The highest BCUT2D eigenvalue weighted by molar-refractivity contribution is 5.89. The van der Waals surface area contributed by atoms with Crippen molar-refractivity contribution in [2.24, 2.45) is 0 Å². The zero-order valence-corrected chi connectivity index (χ0v) is 17.8. The van der Waals surface area contributed by atoms with Crippen LogP contribution in [0.25, 0.3) is 0 Å². The van der Waals surface area contributed by atoms with E-state index in [-0.39, 0.29) is 11.3 Å². The lowest BCUT2D eigenvalue weighted by atomic mass is 9.99. The quantitative estimate of drug-likeness (QED) is 0.273. The fourth-order valence-electron chi connectivity index (χ4n) is 2.60. The highest BCUT2D eigenvalue weighted by Gasteiger charge is 2.36. The molecular formula is C22H34O7. The van der Waals surface area contributed by atoms with Crippen LogP contribution in [0.3, 0.4) is 0 Å². The molecule has 0 fully saturated rings. The lowest BCUT2D eigenvalue weighted by molar-refractivity contribution is -0.215. The topological polar surface area (TPSA) is 105 Å². The number of carbonyl (C=O) groups is 1. The van der Waals surface area contributed by atoms with E-state index in [1.807, 2.05) is 13.8 Å².